The zero-order valence-corrected chi connectivity index (χ0v) is 16.6. The summed E-state index contributed by atoms with van der Waals surface area (Å²) in [6, 6.07) is 0.0222. The van der Waals surface area contributed by atoms with E-state index in [9.17, 15) is 13.2 Å². The molecule has 0 radical (unpaired) electrons. The van der Waals surface area contributed by atoms with Crippen molar-refractivity contribution < 1.29 is 13.2 Å². The second-order valence-corrected chi connectivity index (χ2v) is 11.7. The largest absolute Gasteiger partial charge is 0.353 e. The lowest BCUT2D eigenvalue weighted by molar-refractivity contribution is -0.122. The van der Waals surface area contributed by atoms with E-state index in [1.807, 2.05) is 5.38 Å². The van der Waals surface area contributed by atoms with Crippen LogP contribution in [0, 0.1) is 11.8 Å². The molecule has 1 unspecified atom stereocenters. The van der Waals surface area contributed by atoms with E-state index in [0.717, 1.165) is 43.8 Å². The summed E-state index contributed by atoms with van der Waals surface area (Å²) in [7, 11) is -3.06. The Morgan fingerprint density at radius 2 is 2.04 bits per heavy atom. The summed E-state index contributed by atoms with van der Waals surface area (Å²) in [6.07, 6.45) is 7.32. The molecule has 1 amide bonds. The normalized spacial score (nSPS) is 32.9. The highest BCUT2D eigenvalue weighted by molar-refractivity contribution is 7.92. The number of sulfone groups is 1. The van der Waals surface area contributed by atoms with Crippen molar-refractivity contribution in [2.75, 3.05) is 12.3 Å². The van der Waals surface area contributed by atoms with E-state index in [4.69, 9.17) is 0 Å². The molecule has 0 aromatic carbocycles. The van der Waals surface area contributed by atoms with Crippen LogP contribution in [0.1, 0.15) is 50.0 Å². The van der Waals surface area contributed by atoms with Crippen molar-refractivity contribution in [3.8, 4) is 0 Å². The summed E-state index contributed by atoms with van der Waals surface area (Å²) < 4.78 is 24.7. The van der Waals surface area contributed by atoms with Gasteiger partial charge in [0.2, 0.25) is 5.91 Å². The van der Waals surface area contributed by atoms with Gasteiger partial charge in [0, 0.05) is 30.6 Å². The molecule has 3 aliphatic rings. The van der Waals surface area contributed by atoms with Crippen molar-refractivity contribution in [2.24, 2.45) is 11.8 Å². The molecular formula is C18H27N3O3S2. The maximum Gasteiger partial charge on any atom is 0.220 e. The number of hydrogen-bond acceptors (Lipinski definition) is 6. The summed E-state index contributed by atoms with van der Waals surface area (Å²) in [4.78, 5) is 16.3. The molecule has 0 bridgehead atoms. The van der Waals surface area contributed by atoms with E-state index in [-0.39, 0.29) is 17.7 Å². The van der Waals surface area contributed by atoms with Gasteiger partial charge in [0.05, 0.1) is 10.5 Å². The first-order valence-corrected chi connectivity index (χ1v) is 12.1. The lowest BCUT2D eigenvalue weighted by atomic mass is 9.70. The predicted molar refractivity (Wildman–Crippen MR) is 102 cm³/mol. The minimum absolute atomic E-state index is 0.0222. The number of aromatic nitrogens is 1. The van der Waals surface area contributed by atoms with Gasteiger partial charge in [0.1, 0.15) is 5.01 Å². The number of carbonyl (C=O) groups excluding carboxylic acids is 1. The third kappa shape index (κ3) is 3.97. The van der Waals surface area contributed by atoms with Crippen LogP contribution in [0.2, 0.25) is 0 Å². The second kappa shape index (κ2) is 7.20. The van der Waals surface area contributed by atoms with E-state index in [0.29, 0.717) is 31.1 Å². The van der Waals surface area contributed by atoms with Gasteiger partial charge in [-0.05, 0) is 56.9 Å². The van der Waals surface area contributed by atoms with E-state index in [1.165, 1.54) is 0 Å². The average molecular weight is 398 g/mol. The van der Waals surface area contributed by atoms with Gasteiger partial charge in [0.25, 0.3) is 0 Å². The van der Waals surface area contributed by atoms with Crippen molar-refractivity contribution in [2.45, 2.75) is 62.3 Å². The summed E-state index contributed by atoms with van der Waals surface area (Å²) in [5.41, 5.74) is 0. The number of amides is 1. The number of rotatable bonds is 7. The molecule has 2 heterocycles. The topological polar surface area (TPSA) is 88.2 Å². The smallest absolute Gasteiger partial charge is 0.220 e. The van der Waals surface area contributed by atoms with Crippen molar-refractivity contribution >= 4 is 27.1 Å². The third-order valence-corrected chi connectivity index (χ3v) is 9.44. The molecule has 2 aliphatic carbocycles. The van der Waals surface area contributed by atoms with Crippen LogP contribution >= 0.6 is 11.3 Å². The summed E-state index contributed by atoms with van der Waals surface area (Å²) >= 11 is 1.63. The van der Waals surface area contributed by atoms with Crippen LogP contribution in [0.15, 0.2) is 11.6 Å². The number of nitrogens with one attached hydrogen (secondary N) is 2. The predicted octanol–water partition coefficient (Wildman–Crippen LogP) is 1.87. The van der Waals surface area contributed by atoms with Gasteiger partial charge in [-0.1, -0.05) is 0 Å². The lowest BCUT2D eigenvalue weighted by Crippen LogP contribution is -2.60. The van der Waals surface area contributed by atoms with Gasteiger partial charge >= 0.3 is 0 Å². The summed E-state index contributed by atoms with van der Waals surface area (Å²) in [5, 5.41) is 9.51. The molecule has 1 saturated heterocycles. The number of thiazole rings is 1. The Morgan fingerprint density at radius 1 is 1.23 bits per heavy atom. The first kappa shape index (κ1) is 18.4. The molecule has 2 N–H and O–H groups in total. The Labute approximate surface area is 159 Å². The Bertz CT molecular complexity index is 738. The summed E-state index contributed by atoms with van der Waals surface area (Å²) in [6.45, 7) is 1.57. The molecule has 26 heavy (non-hydrogen) atoms. The Hall–Kier alpha value is -0.990. The molecule has 3 fully saturated rings. The maximum absolute atomic E-state index is 12.7. The number of hydrogen-bond donors (Lipinski definition) is 2. The molecule has 1 spiro atoms. The van der Waals surface area contributed by atoms with Gasteiger partial charge in [-0.25, -0.2) is 13.4 Å². The fourth-order valence-corrected chi connectivity index (χ4v) is 7.51. The monoisotopic (exact) mass is 397 g/mol. The van der Waals surface area contributed by atoms with Gasteiger partial charge in [-0.2, -0.15) is 0 Å². The highest BCUT2D eigenvalue weighted by Crippen LogP contribution is 2.50. The van der Waals surface area contributed by atoms with E-state index >= 15 is 0 Å². The minimum atomic E-state index is -3.06. The zero-order chi connectivity index (χ0) is 18.2. The van der Waals surface area contributed by atoms with E-state index in [1.54, 1.807) is 17.5 Å². The number of carbonyl (C=O) groups is 1. The standard InChI is InChI=1S/C18H27N3O3S2/c22-16(7-13-1-2-13)21-15-3-6-26(23,24)18(10-15)8-14(9-18)11-19-12-17-20-4-5-25-17/h4-5,13-15,19H,1-3,6-12H2,(H,21,22). The van der Waals surface area contributed by atoms with Crippen LogP contribution in [-0.2, 0) is 21.2 Å². The fraction of sp³-hybridized carbons (Fsp3) is 0.778. The highest BCUT2D eigenvalue weighted by Gasteiger charge is 2.56. The van der Waals surface area contributed by atoms with Crippen LogP contribution < -0.4 is 10.6 Å². The molecule has 1 atom stereocenters. The van der Waals surface area contributed by atoms with Gasteiger partial charge in [0.15, 0.2) is 9.84 Å². The van der Waals surface area contributed by atoms with Crippen LogP contribution in [-0.4, -0.2) is 42.4 Å². The molecule has 1 aromatic heterocycles. The molecule has 1 aromatic rings. The SMILES string of the molecule is O=C(CC1CC1)NC1CCS(=O)(=O)C2(CC(CNCc3nccs3)C2)C1. The highest BCUT2D eigenvalue weighted by atomic mass is 32.2. The van der Waals surface area contributed by atoms with Crippen molar-refractivity contribution in [1.29, 1.82) is 0 Å². The van der Waals surface area contributed by atoms with E-state index < -0.39 is 14.6 Å². The summed E-state index contributed by atoms with van der Waals surface area (Å²) in [5.74, 6) is 1.27. The lowest BCUT2D eigenvalue weighted by Gasteiger charge is -2.51. The molecule has 8 heteroatoms. The minimum Gasteiger partial charge on any atom is -0.353 e. The first-order valence-electron chi connectivity index (χ1n) is 9.56. The fourth-order valence-electron chi connectivity index (χ4n) is 4.47. The third-order valence-electron chi connectivity index (χ3n) is 6.06. The number of nitrogens with zero attached hydrogens (tertiary/aromatic N) is 1. The van der Waals surface area contributed by atoms with Crippen LogP contribution in [0.3, 0.4) is 0 Å². The quantitative estimate of drug-likeness (QED) is 0.733. The Morgan fingerprint density at radius 3 is 2.73 bits per heavy atom. The maximum atomic E-state index is 12.7. The van der Waals surface area contributed by atoms with Crippen LogP contribution in [0.25, 0.3) is 0 Å². The van der Waals surface area contributed by atoms with Gasteiger partial charge in [-0.3, -0.25) is 4.79 Å². The molecule has 1 aliphatic heterocycles. The molecule has 2 saturated carbocycles. The Kier molecular flexibility index (Phi) is 5.09. The molecule has 6 nitrogen and oxygen atoms in total. The van der Waals surface area contributed by atoms with Crippen LogP contribution in [0.5, 0.6) is 0 Å². The average Bonchev–Trinajstić information content (AvgIpc) is 3.20. The molecular weight excluding hydrogens is 370 g/mol. The van der Waals surface area contributed by atoms with Crippen molar-refractivity contribution in [1.82, 2.24) is 15.6 Å². The zero-order valence-electron chi connectivity index (χ0n) is 14.9. The van der Waals surface area contributed by atoms with Crippen molar-refractivity contribution in [3.05, 3.63) is 16.6 Å². The first-order chi connectivity index (χ1) is 12.5. The van der Waals surface area contributed by atoms with Crippen LogP contribution in [0.4, 0.5) is 0 Å². The molecule has 4 rings (SSSR count). The van der Waals surface area contributed by atoms with Gasteiger partial charge in [-0.15, -0.1) is 11.3 Å². The second-order valence-electron chi connectivity index (χ2n) is 8.24. The van der Waals surface area contributed by atoms with Crippen molar-refractivity contribution in [3.63, 3.8) is 0 Å². The van der Waals surface area contributed by atoms with Gasteiger partial charge < -0.3 is 10.6 Å². The molecule has 144 valence electrons. The van der Waals surface area contributed by atoms with E-state index in [2.05, 4.69) is 15.6 Å². The Balaban J connectivity index is 1.27.